The van der Waals surface area contributed by atoms with E-state index in [4.69, 9.17) is 19.4 Å². The van der Waals surface area contributed by atoms with Crippen LogP contribution in [0.2, 0.25) is 0 Å². The number of furan rings is 1. The molecule has 280 valence electrons. The molecule has 0 saturated heterocycles. The third-order valence-electron chi connectivity index (χ3n) is 11.0. The maximum absolute atomic E-state index is 6.64. The first-order valence-electron chi connectivity index (χ1n) is 20.0. The highest BCUT2D eigenvalue weighted by Gasteiger charge is 2.21. The molecule has 2 aromatic heterocycles. The van der Waals surface area contributed by atoms with Crippen LogP contribution in [-0.4, -0.2) is 15.0 Å². The number of rotatable bonds is 6. The summed E-state index contributed by atoms with van der Waals surface area (Å²) in [5, 5.41) is 8.77. The number of para-hydroxylation sites is 1. The van der Waals surface area contributed by atoms with Gasteiger partial charge in [-0.05, 0) is 111 Å². The molecule has 10 aromatic rings. The Morgan fingerprint density at radius 1 is 0.424 bits per heavy atom. The molecule has 0 saturated carbocycles. The lowest BCUT2D eigenvalue weighted by atomic mass is 9.96. The van der Waals surface area contributed by atoms with Crippen molar-refractivity contribution in [2.75, 3.05) is 0 Å². The SMILES string of the molecule is C/C=C\C=C/c1cc2ccccc2cc1-c1nc(-c2cc3ccccc3cccccc2C)nc(-c2cc(-c3ccc4ccccc4c3)cc3oc4ccccc4c23)n1. The van der Waals surface area contributed by atoms with Crippen molar-refractivity contribution in [1.29, 1.82) is 0 Å². The van der Waals surface area contributed by atoms with Crippen LogP contribution >= 0.6 is 0 Å². The number of allylic oxidation sites excluding steroid dienone is 3. The third kappa shape index (κ3) is 6.91. The Balaban J connectivity index is 1.32. The maximum atomic E-state index is 6.64. The topological polar surface area (TPSA) is 51.8 Å². The average Bonchev–Trinajstić information content (AvgIpc) is 3.66. The van der Waals surface area contributed by atoms with Crippen LogP contribution in [0.25, 0.3) is 106 Å². The van der Waals surface area contributed by atoms with Gasteiger partial charge in [0.1, 0.15) is 11.2 Å². The first-order chi connectivity index (χ1) is 29.1. The fourth-order valence-corrected chi connectivity index (χ4v) is 7.98. The summed E-state index contributed by atoms with van der Waals surface area (Å²) < 4.78 is 6.64. The number of hydrogen-bond acceptors (Lipinski definition) is 4. The highest BCUT2D eigenvalue weighted by molar-refractivity contribution is 6.13. The van der Waals surface area contributed by atoms with Crippen molar-refractivity contribution in [2.45, 2.75) is 13.8 Å². The molecule has 2 heterocycles. The van der Waals surface area contributed by atoms with Gasteiger partial charge in [0, 0.05) is 27.5 Å². The van der Waals surface area contributed by atoms with Crippen molar-refractivity contribution in [2.24, 2.45) is 0 Å². The Hall–Kier alpha value is -7.69. The van der Waals surface area contributed by atoms with Gasteiger partial charge in [-0.3, -0.25) is 0 Å². The first-order valence-corrected chi connectivity index (χ1v) is 20.0. The van der Waals surface area contributed by atoms with Gasteiger partial charge in [-0.2, -0.15) is 0 Å². The highest BCUT2D eigenvalue weighted by Crippen LogP contribution is 2.41. The van der Waals surface area contributed by atoms with Crippen molar-refractivity contribution >= 4 is 60.3 Å². The van der Waals surface area contributed by atoms with Gasteiger partial charge in [0.25, 0.3) is 0 Å². The number of nitrogens with zero attached hydrogens (tertiary/aromatic N) is 3. The minimum Gasteiger partial charge on any atom is -0.456 e. The van der Waals surface area contributed by atoms with E-state index in [0.717, 1.165) is 82.4 Å². The molecule has 0 atom stereocenters. The summed E-state index contributed by atoms with van der Waals surface area (Å²) in [5.74, 6) is 1.73. The van der Waals surface area contributed by atoms with Crippen molar-refractivity contribution in [1.82, 2.24) is 15.0 Å². The number of benzene rings is 7. The van der Waals surface area contributed by atoms with Gasteiger partial charge < -0.3 is 4.42 Å². The predicted octanol–water partition coefficient (Wildman–Crippen LogP) is 14.9. The van der Waals surface area contributed by atoms with Crippen LogP contribution in [0, 0.1) is 6.92 Å². The molecule has 0 aliphatic rings. The molecule has 0 N–H and O–H groups in total. The molecule has 0 spiro atoms. The van der Waals surface area contributed by atoms with E-state index in [0.29, 0.717) is 17.5 Å². The molecule has 4 nitrogen and oxygen atoms in total. The maximum Gasteiger partial charge on any atom is 0.164 e. The largest absolute Gasteiger partial charge is 0.456 e. The molecule has 4 heteroatoms. The molecule has 59 heavy (non-hydrogen) atoms. The molecule has 0 aliphatic heterocycles. The van der Waals surface area contributed by atoms with E-state index in [1.54, 1.807) is 0 Å². The normalized spacial score (nSPS) is 11.8. The second-order valence-corrected chi connectivity index (χ2v) is 14.8. The van der Waals surface area contributed by atoms with Crippen LogP contribution in [0.4, 0.5) is 0 Å². The van der Waals surface area contributed by atoms with Gasteiger partial charge in [0.15, 0.2) is 17.5 Å². The molecule has 8 aromatic carbocycles. The van der Waals surface area contributed by atoms with Gasteiger partial charge >= 0.3 is 0 Å². The predicted molar refractivity (Wildman–Crippen MR) is 248 cm³/mol. The van der Waals surface area contributed by atoms with E-state index in [1.807, 2.05) is 31.2 Å². The number of hydrogen-bond donors (Lipinski definition) is 0. The summed E-state index contributed by atoms with van der Waals surface area (Å²) in [5.41, 5.74) is 8.43. The zero-order valence-corrected chi connectivity index (χ0v) is 32.8. The molecule has 0 unspecified atom stereocenters. The zero-order valence-electron chi connectivity index (χ0n) is 32.8. The molecule has 10 rings (SSSR count). The standard InChI is InChI=1S/C55H39N3O/c1-3-4-6-25-44-31-40-22-13-14-24-42(40)33-48(44)54-56-53(47-32-41-23-12-9-19-37(41)18-8-5-7-17-36(47)2)57-55(58-54)49-34-45(43-29-28-38-20-10-11-21-39(38)30-43)35-51-52(49)46-26-15-16-27-50(46)59-51/h3-35H,1-2H3/b4-3-,7-5?,8-5?,17-7?,18-8?,25-6-,36-17?,37-18?,41-32?,47-32?,47-36?. The molecule has 0 radical (unpaired) electrons. The fourth-order valence-electron chi connectivity index (χ4n) is 7.98. The number of fused-ring (bicyclic) bond motifs is 6. The Bertz CT molecular complexity index is 3370. The summed E-state index contributed by atoms with van der Waals surface area (Å²) in [6, 6.07) is 61.6. The Kier molecular flexibility index (Phi) is 9.28. The van der Waals surface area contributed by atoms with Gasteiger partial charge in [-0.15, -0.1) is 0 Å². The molecular formula is C55H39N3O. The van der Waals surface area contributed by atoms with Crippen molar-refractivity contribution in [3.63, 3.8) is 0 Å². The lowest BCUT2D eigenvalue weighted by molar-refractivity contribution is 0.669. The van der Waals surface area contributed by atoms with Crippen LogP contribution in [0.3, 0.4) is 0 Å². The van der Waals surface area contributed by atoms with Crippen molar-refractivity contribution < 1.29 is 4.42 Å². The average molecular weight is 758 g/mol. The highest BCUT2D eigenvalue weighted by atomic mass is 16.3. The monoisotopic (exact) mass is 757 g/mol. The van der Waals surface area contributed by atoms with Crippen LogP contribution in [0.1, 0.15) is 18.1 Å². The van der Waals surface area contributed by atoms with Crippen molar-refractivity contribution in [3.8, 4) is 45.3 Å². The van der Waals surface area contributed by atoms with Gasteiger partial charge in [-0.1, -0.05) is 158 Å². The zero-order chi connectivity index (χ0) is 39.7. The first kappa shape index (κ1) is 35.7. The second-order valence-electron chi connectivity index (χ2n) is 14.8. The van der Waals surface area contributed by atoms with E-state index < -0.39 is 0 Å². The molecule has 0 bridgehead atoms. The summed E-state index contributed by atoms with van der Waals surface area (Å²) >= 11 is 0. The van der Waals surface area contributed by atoms with Gasteiger partial charge in [0.05, 0.1) is 0 Å². The summed E-state index contributed by atoms with van der Waals surface area (Å²) in [6.07, 6.45) is 8.27. The van der Waals surface area contributed by atoms with Crippen LogP contribution < -0.4 is 0 Å². The smallest absolute Gasteiger partial charge is 0.164 e. The third-order valence-corrected chi connectivity index (χ3v) is 11.0. The van der Waals surface area contributed by atoms with E-state index in [2.05, 4.69) is 183 Å². The molecule has 0 aliphatic carbocycles. The van der Waals surface area contributed by atoms with Crippen LogP contribution in [-0.2, 0) is 0 Å². The second kappa shape index (κ2) is 15.3. The van der Waals surface area contributed by atoms with E-state index in [9.17, 15) is 0 Å². The molecule has 0 fully saturated rings. The molecular weight excluding hydrogens is 719 g/mol. The lowest BCUT2D eigenvalue weighted by Crippen LogP contribution is -2.02. The quantitative estimate of drug-likeness (QED) is 0.159. The van der Waals surface area contributed by atoms with E-state index in [-0.39, 0.29) is 0 Å². The van der Waals surface area contributed by atoms with Gasteiger partial charge in [-0.25, -0.2) is 15.0 Å². The summed E-state index contributed by atoms with van der Waals surface area (Å²) in [4.78, 5) is 16.3. The Morgan fingerprint density at radius 3 is 1.73 bits per heavy atom. The Morgan fingerprint density at radius 2 is 0.983 bits per heavy atom. The minimum absolute atomic E-state index is 0.565. The lowest BCUT2D eigenvalue weighted by Gasteiger charge is -2.14. The van der Waals surface area contributed by atoms with E-state index >= 15 is 0 Å². The summed E-state index contributed by atoms with van der Waals surface area (Å²) in [6.45, 7) is 4.14. The number of aryl methyl sites for hydroxylation is 1. The van der Waals surface area contributed by atoms with Crippen LogP contribution in [0.15, 0.2) is 199 Å². The molecule has 0 amide bonds. The van der Waals surface area contributed by atoms with Gasteiger partial charge in [0.2, 0.25) is 0 Å². The number of aromatic nitrogens is 3. The minimum atomic E-state index is 0.565. The Labute approximate surface area is 342 Å². The van der Waals surface area contributed by atoms with E-state index in [1.165, 1.54) is 10.8 Å². The fraction of sp³-hybridized carbons (Fsp3) is 0.0364. The van der Waals surface area contributed by atoms with Crippen LogP contribution in [0.5, 0.6) is 0 Å². The summed E-state index contributed by atoms with van der Waals surface area (Å²) in [7, 11) is 0. The van der Waals surface area contributed by atoms with Crippen molar-refractivity contribution in [3.05, 3.63) is 205 Å².